The van der Waals surface area contributed by atoms with Gasteiger partial charge in [-0.25, -0.2) is 4.79 Å². The summed E-state index contributed by atoms with van der Waals surface area (Å²) in [6.07, 6.45) is 1.58. The van der Waals surface area contributed by atoms with Crippen LogP contribution in [0, 0.1) is 0 Å². The number of rotatable bonds is 11. The number of urea groups is 1. The van der Waals surface area contributed by atoms with Gasteiger partial charge in [0.2, 0.25) is 5.91 Å². The number of methoxy groups -OCH3 is 2. The second-order valence-electron chi connectivity index (χ2n) is 7.39. The van der Waals surface area contributed by atoms with Gasteiger partial charge < -0.3 is 29.0 Å². The normalized spacial score (nSPS) is 10.5. The summed E-state index contributed by atoms with van der Waals surface area (Å²) in [7, 11) is 3.11. The first-order valence-corrected chi connectivity index (χ1v) is 10.6. The smallest absolute Gasteiger partial charge is 0.322 e. The third kappa shape index (κ3) is 7.40. The van der Waals surface area contributed by atoms with Crippen LogP contribution in [0.4, 0.5) is 10.5 Å². The van der Waals surface area contributed by atoms with Crippen LogP contribution in [-0.4, -0.2) is 55.7 Å². The van der Waals surface area contributed by atoms with Gasteiger partial charge in [0, 0.05) is 32.0 Å². The molecule has 0 atom stereocenters. The van der Waals surface area contributed by atoms with E-state index in [1.54, 1.807) is 55.7 Å². The number of hydrogen-bond acceptors (Lipinski definition) is 5. The van der Waals surface area contributed by atoms with Crippen LogP contribution in [0.2, 0.25) is 0 Å². The lowest BCUT2D eigenvalue weighted by molar-refractivity contribution is -0.133. The third-order valence-corrected chi connectivity index (χ3v) is 5.00. The van der Waals surface area contributed by atoms with E-state index in [9.17, 15) is 9.59 Å². The molecule has 0 aliphatic heterocycles. The largest absolute Gasteiger partial charge is 0.497 e. The molecule has 0 aliphatic carbocycles. The first-order chi connectivity index (χ1) is 16.1. The highest BCUT2D eigenvalue weighted by atomic mass is 16.5. The van der Waals surface area contributed by atoms with Crippen LogP contribution in [0.15, 0.2) is 77.4 Å². The molecule has 2 aromatic carbocycles. The summed E-state index contributed by atoms with van der Waals surface area (Å²) in [6.45, 7) is 1.16. The van der Waals surface area contributed by atoms with Crippen molar-refractivity contribution >= 4 is 17.6 Å². The molecule has 0 radical (unpaired) electrons. The van der Waals surface area contributed by atoms with Crippen molar-refractivity contribution in [3.05, 3.63) is 84.3 Å². The summed E-state index contributed by atoms with van der Waals surface area (Å²) in [5.41, 5.74) is 1.56. The van der Waals surface area contributed by atoms with Gasteiger partial charge in [0.1, 0.15) is 18.1 Å². The molecule has 0 saturated carbocycles. The molecule has 0 saturated heterocycles. The average Bonchev–Trinajstić information content (AvgIpc) is 3.35. The first-order valence-electron chi connectivity index (χ1n) is 10.6. The summed E-state index contributed by atoms with van der Waals surface area (Å²) < 4.78 is 15.8. The second kappa shape index (κ2) is 12.3. The predicted octanol–water partition coefficient (Wildman–Crippen LogP) is 4.00. The molecule has 174 valence electrons. The molecule has 0 unspecified atom stereocenters. The maximum Gasteiger partial charge on any atom is 0.322 e. The maximum atomic E-state index is 13.3. The summed E-state index contributed by atoms with van der Waals surface area (Å²) in [6, 6.07) is 20.0. The van der Waals surface area contributed by atoms with Crippen LogP contribution in [0.5, 0.6) is 5.75 Å². The van der Waals surface area contributed by atoms with E-state index in [1.807, 2.05) is 36.4 Å². The Morgan fingerprint density at radius 1 is 0.939 bits per heavy atom. The highest BCUT2D eigenvalue weighted by Crippen LogP contribution is 2.17. The number of nitrogens with zero attached hydrogens (tertiary/aromatic N) is 2. The Morgan fingerprint density at radius 2 is 1.76 bits per heavy atom. The summed E-state index contributed by atoms with van der Waals surface area (Å²) in [5.74, 6) is 1.09. The van der Waals surface area contributed by atoms with Crippen molar-refractivity contribution in [1.82, 2.24) is 9.80 Å². The van der Waals surface area contributed by atoms with Crippen molar-refractivity contribution in [2.24, 2.45) is 0 Å². The molecule has 0 fully saturated rings. The Morgan fingerprint density at radius 3 is 2.45 bits per heavy atom. The van der Waals surface area contributed by atoms with Crippen LogP contribution in [-0.2, 0) is 22.6 Å². The van der Waals surface area contributed by atoms with Crippen molar-refractivity contribution < 1.29 is 23.5 Å². The zero-order valence-electron chi connectivity index (χ0n) is 18.9. The van der Waals surface area contributed by atoms with Crippen LogP contribution in [0.25, 0.3) is 0 Å². The fraction of sp³-hybridized carbons (Fsp3) is 0.280. The number of carbonyl (C=O) groups excluding carboxylic acids is 2. The summed E-state index contributed by atoms with van der Waals surface area (Å²) in [5, 5.41) is 2.83. The zero-order valence-corrected chi connectivity index (χ0v) is 18.9. The topological polar surface area (TPSA) is 84.2 Å². The van der Waals surface area contributed by atoms with Crippen LogP contribution in [0.3, 0.4) is 0 Å². The van der Waals surface area contributed by atoms with Crippen molar-refractivity contribution in [2.75, 3.05) is 39.2 Å². The van der Waals surface area contributed by atoms with E-state index in [-0.39, 0.29) is 19.0 Å². The molecule has 1 heterocycles. The van der Waals surface area contributed by atoms with Crippen molar-refractivity contribution in [2.45, 2.75) is 13.1 Å². The number of benzene rings is 2. The first kappa shape index (κ1) is 23.9. The number of carbonyl (C=O) groups is 2. The van der Waals surface area contributed by atoms with Gasteiger partial charge in [0.25, 0.3) is 0 Å². The van der Waals surface area contributed by atoms with Gasteiger partial charge in [-0.1, -0.05) is 36.4 Å². The Kier molecular flexibility index (Phi) is 8.90. The van der Waals surface area contributed by atoms with Crippen molar-refractivity contribution in [1.29, 1.82) is 0 Å². The van der Waals surface area contributed by atoms with Gasteiger partial charge in [-0.15, -0.1) is 0 Å². The Hall–Kier alpha value is -3.78. The minimum atomic E-state index is -0.397. The zero-order chi connectivity index (χ0) is 23.5. The predicted molar refractivity (Wildman–Crippen MR) is 125 cm³/mol. The van der Waals surface area contributed by atoms with Gasteiger partial charge in [-0.2, -0.15) is 0 Å². The number of hydrogen-bond donors (Lipinski definition) is 1. The van der Waals surface area contributed by atoms with E-state index in [1.165, 1.54) is 4.90 Å². The molecule has 8 heteroatoms. The van der Waals surface area contributed by atoms with Crippen LogP contribution >= 0.6 is 0 Å². The fourth-order valence-electron chi connectivity index (χ4n) is 3.25. The highest BCUT2D eigenvalue weighted by Gasteiger charge is 2.22. The number of anilines is 1. The molecule has 0 aliphatic rings. The molecular formula is C25H29N3O5. The van der Waals surface area contributed by atoms with E-state index >= 15 is 0 Å². The molecule has 3 aromatic rings. The monoisotopic (exact) mass is 451 g/mol. The minimum Gasteiger partial charge on any atom is -0.497 e. The van der Waals surface area contributed by atoms with Gasteiger partial charge in [0.15, 0.2) is 0 Å². The lowest BCUT2D eigenvalue weighted by Crippen LogP contribution is -2.45. The summed E-state index contributed by atoms with van der Waals surface area (Å²) in [4.78, 5) is 29.4. The molecule has 3 amide bonds. The molecule has 33 heavy (non-hydrogen) atoms. The standard InChI is InChI=1S/C25H29N3O5/c1-31-15-13-27(25(30)26-21-10-6-11-22(16-21)32-2)19-24(29)28(18-23-12-7-14-33-23)17-20-8-4-3-5-9-20/h3-12,14,16H,13,15,17-19H2,1-2H3,(H,26,30). The Balaban J connectivity index is 1.73. The van der Waals surface area contributed by atoms with Crippen LogP contribution in [0.1, 0.15) is 11.3 Å². The van der Waals surface area contributed by atoms with E-state index in [2.05, 4.69) is 5.32 Å². The lowest BCUT2D eigenvalue weighted by atomic mass is 10.2. The van der Waals surface area contributed by atoms with E-state index in [0.717, 1.165) is 5.56 Å². The van der Waals surface area contributed by atoms with Crippen LogP contribution < -0.4 is 10.1 Å². The molecule has 0 spiro atoms. The molecule has 0 bridgehead atoms. The maximum absolute atomic E-state index is 13.3. The third-order valence-electron chi connectivity index (χ3n) is 5.00. The quantitative estimate of drug-likeness (QED) is 0.476. The SMILES string of the molecule is COCCN(CC(=O)N(Cc1ccccc1)Cc1ccco1)C(=O)Nc1cccc(OC)c1. The highest BCUT2D eigenvalue weighted by molar-refractivity contribution is 5.92. The van der Waals surface area contributed by atoms with E-state index < -0.39 is 6.03 Å². The number of furan rings is 1. The molecule has 8 nitrogen and oxygen atoms in total. The van der Waals surface area contributed by atoms with Crippen molar-refractivity contribution in [3.8, 4) is 5.75 Å². The van der Waals surface area contributed by atoms with Crippen molar-refractivity contribution in [3.63, 3.8) is 0 Å². The Bertz CT molecular complexity index is 1010. The van der Waals surface area contributed by atoms with E-state index in [4.69, 9.17) is 13.9 Å². The Labute approximate surface area is 193 Å². The van der Waals surface area contributed by atoms with Gasteiger partial charge in [0.05, 0.1) is 26.5 Å². The molecule has 1 aromatic heterocycles. The van der Waals surface area contributed by atoms with Gasteiger partial charge in [-0.05, 0) is 29.8 Å². The fourth-order valence-corrected chi connectivity index (χ4v) is 3.25. The molecule has 1 N–H and O–H groups in total. The second-order valence-corrected chi connectivity index (χ2v) is 7.39. The molecule has 3 rings (SSSR count). The number of nitrogens with one attached hydrogen (secondary N) is 1. The average molecular weight is 452 g/mol. The number of amides is 3. The number of ether oxygens (including phenoxy) is 2. The summed E-state index contributed by atoms with van der Waals surface area (Å²) >= 11 is 0. The van der Waals surface area contributed by atoms with E-state index in [0.29, 0.717) is 36.9 Å². The lowest BCUT2D eigenvalue weighted by Gasteiger charge is -2.27. The van der Waals surface area contributed by atoms with Gasteiger partial charge >= 0.3 is 6.03 Å². The van der Waals surface area contributed by atoms with Gasteiger partial charge in [-0.3, -0.25) is 4.79 Å². The molecular weight excluding hydrogens is 422 g/mol. The minimum absolute atomic E-state index is 0.104.